The van der Waals surface area contributed by atoms with Gasteiger partial charge in [-0.15, -0.1) is 0 Å². The van der Waals surface area contributed by atoms with Gasteiger partial charge >= 0.3 is 0 Å². The number of hydrogen-bond donors (Lipinski definition) is 1. The molecule has 0 aliphatic heterocycles. The molecule has 2 N–H and O–H groups in total. The zero-order chi connectivity index (χ0) is 12.8. The second-order valence-corrected chi connectivity index (χ2v) is 5.07. The molecule has 0 saturated carbocycles. The molecular formula is C13H16BrN3O. The van der Waals surface area contributed by atoms with Crippen LogP contribution < -0.4 is 5.73 Å². The minimum absolute atomic E-state index is 0.694. The molecule has 4 nitrogen and oxygen atoms in total. The van der Waals surface area contributed by atoms with Crippen LogP contribution in [0.4, 0.5) is 0 Å². The fraction of sp³-hybridized carbons (Fsp3) is 0.385. The first-order valence-electron chi connectivity index (χ1n) is 6.04. The Labute approximate surface area is 115 Å². The fourth-order valence-corrected chi connectivity index (χ4v) is 2.16. The van der Waals surface area contributed by atoms with Crippen molar-refractivity contribution in [3.05, 3.63) is 46.0 Å². The summed E-state index contributed by atoms with van der Waals surface area (Å²) in [5.74, 6) is 1.43. The van der Waals surface area contributed by atoms with Crippen LogP contribution >= 0.6 is 15.9 Å². The Kier molecular flexibility index (Phi) is 4.90. The molecule has 1 aromatic heterocycles. The summed E-state index contributed by atoms with van der Waals surface area (Å²) in [6.45, 7) is 0.707. The van der Waals surface area contributed by atoms with Crippen LogP contribution in [0.25, 0.3) is 0 Å². The van der Waals surface area contributed by atoms with E-state index in [1.54, 1.807) is 0 Å². The summed E-state index contributed by atoms with van der Waals surface area (Å²) in [5.41, 5.74) is 6.61. The number of nitrogens with two attached hydrogens (primary N) is 1. The molecule has 2 aromatic rings. The summed E-state index contributed by atoms with van der Waals surface area (Å²) in [6.07, 6.45) is 3.49. The van der Waals surface area contributed by atoms with E-state index in [1.807, 2.05) is 12.1 Å². The summed E-state index contributed by atoms with van der Waals surface area (Å²) in [5, 5.41) is 3.99. The Balaban J connectivity index is 1.94. The van der Waals surface area contributed by atoms with Gasteiger partial charge in [0.1, 0.15) is 0 Å². The van der Waals surface area contributed by atoms with Crippen LogP contribution in [0.15, 0.2) is 33.3 Å². The van der Waals surface area contributed by atoms with Gasteiger partial charge in [0.05, 0.1) is 0 Å². The number of nitrogens with zero attached hydrogens (tertiary/aromatic N) is 2. The van der Waals surface area contributed by atoms with Crippen LogP contribution in [-0.4, -0.2) is 16.7 Å². The van der Waals surface area contributed by atoms with Crippen LogP contribution in [0.3, 0.4) is 0 Å². The van der Waals surface area contributed by atoms with Gasteiger partial charge in [-0.05, 0) is 37.1 Å². The van der Waals surface area contributed by atoms with E-state index in [9.17, 15) is 0 Å². The largest absolute Gasteiger partial charge is 0.339 e. The zero-order valence-electron chi connectivity index (χ0n) is 10.1. The molecule has 1 heterocycles. The molecule has 0 fully saturated rings. The summed E-state index contributed by atoms with van der Waals surface area (Å²) in [4.78, 5) is 4.37. The molecular weight excluding hydrogens is 294 g/mol. The van der Waals surface area contributed by atoms with Gasteiger partial charge in [-0.25, -0.2) is 0 Å². The van der Waals surface area contributed by atoms with Crippen LogP contribution in [0, 0.1) is 0 Å². The number of aryl methyl sites for hydroxylation is 1. The highest BCUT2D eigenvalue weighted by molar-refractivity contribution is 9.10. The molecule has 0 aliphatic carbocycles. The van der Waals surface area contributed by atoms with Gasteiger partial charge < -0.3 is 10.3 Å². The third-order valence-electron chi connectivity index (χ3n) is 2.61. The number of aromatic nitrogens is 2. The quantitative estimate of drug-likeness (QED) is 0.833. The number of hydrogen-bond acceptors (Lipinski definition) is 4. The molecule has 18 heavy (non-hydrogen) atoms. The maximum Gasteiger partial charge on any atom is 0.226 e. The highest BCUT2D eigenvalue weighted by atomic mass is 79.9. The lowest BCUT2D eigenvalue weighted by Gasteiger charge is -1.96. The SMILES string of the molecule is NCCCCc1nc(Cc2cccc(Br)c2)no1. The Morgan fingerprint density at radius 2 is 2.17 bits per heavy atom. The molecule has 0 unspecified atom stereocenters. The molecule has 0 saturated heterocycles. The van der Waals surface area contributed by atoms with E-state index in [4.69, 9.17) is 10.3 Å². The number of unbranched alkanes of at least 4 members (excludes halogenated alkanes) is 1. The third kappa shape index (κ3) is 3.92. The van der Waals surface area contributed by atoms with E-state index in [0.717, 1.165) is 29.6 Å². The first-order valence-corrected chi connectivity index (χ1v) is 6.83. The minimum Gasteiger partial charge on any atom is -0.339 e. The van der Waals surface area contributed by atoms with Gasteiger partial charge in [0, 0.05) is 17.3 Å². The van der Waals surface area contributed by atoms with Crippen molar-refractivity contribution in [3.8, 4) is 0 Å². The van der Waals surface area contributed by atoms with Gasteiger partial charge in [-0.2, -0.15) is 4.98 Å². The van der Waals surface area contributed by atoms with Crippen LogP contribution in [-0.2, 0) is 12.8 Å². The van der Waals surface area contributed by atoms with E-state index >= 15 is 0 Å². The molecule has 1 aromatic carbocycles. The highest BCUT2D eigenvalue weighted by Gasteiger charge is 2.07. The lowest BCUT2D eigenvalue weighted by Crippen LogP contribution is -1.99. The lowest BCUT2D eigenvalue weighted by molar-refractivity contribution is 0.370. The second-order valence-electron chi connectivity index (χ2n) is 4.16. The van der Waals surface area contributed by atoms with Gasteiger partial charge in [0.25, 0.3) is 0 Å². The minimum atomic E-state index is 0.694. The first-order chi connectivity index (χ1) is 8.78. The summed E-state index contributed by atoms with van der Waals surface area (Å²) in [6, 6.07) is 8.11. The number of halogens is 1. The number of rotatable bonds is 6. The lowest BCUT2D eigenvalue weighted by atomic mass is 10.1. The Morgan fingerprint density at radius 1 is 1.28 bits per heavy atom. The van der Waals surface area contributed by atoms with Crippen LogP contribution in [0.2, 0.25) is 0 Å². The number of benzene rings is 1. The second kappa shape index (κ2) is 6.66. The molecule has 2 rings (SSSR count). The van der Waals surface area contributed by atoms with E-state index in [1.165, 1.54) is 5.56 Å². The van der Waals surface area contributed by atoms with E-state index < -0.39 is 0 Å². The average Bonchev–Trinajstić information content (AvgIpc) is 2.77. The van der Waals surface area contributed by atoms with Crippen molar-refractivity contribution in [2.75, 3.05) is 6.54 Å². The first kappa shape index (κ1) is 13.2. The molecule has 0 aliphatic rings. The summed E-state index contributed by atoms with van der Waals surface area (Å²) in [7, 11) is 0. The maximum atomic E-state index is 5.44. The topological polar surface area (TPSA) is 64.9 Å². The van der Waals surface area contributed by atoms with Crippen molar-refractivity contribution >= 4 is 15.9 Å². The van der Waals surface area contributed by atoms with E-state index in [0.29, 0.717) is 18.9 Å². The van der Waals surface area contributed by atoms with Crippen molar-refractivity contribution in [3.63, 3.8) is 0 Å². The average molecular weight is 310 g/mol. The van der Waals surface area contributed by atoms with Gasteiger partial charge in [-0.3, -0.25) is 0 Å². The predicted octanol–water partition coefficient (Wildman–Crippen LogP) is 2.70. The Morgan fingerprint density at radius 3 is 2.94 bits per heavy atom. The van der Waals surface area contributed by atoms with Crippen molar-refractivity contribution in [1.29, 1.82) is 0 Å². The van der Waals surface area contributed by atoms with Crippen LogP contribution in [0.5, 0.6) is 0 Å². The van der Waals surface area contributed by atoms with Crippen molar-refractivity contribution < 1.29 is 4.52 Å². The predicted molar refractivity (Wildman–Crippen MR) is 73.2 cm³/mol. The van der Waals surface area contributed by atoms with Gasteiger partial charge in [0.2, 0.25) is 5.89 Å². The fourth-order valence-electron chi connectivity index (χ4n) is 1.71. The molecule has 96 valence electrons. The maximum absolute atomic E-state index is 5.44. The van der Waals surface area contributed by atoms with Crippen molar-refractivity contribution in [2.24, 2.45) is 5.73 Å². The van der Waals surface area contributed by atoms with Gasteiger partial charge in [0.15, 0.2) is 5.82 Å². The normalized spacial score (nSPS) is 10.8. The molecule has 0 radical (unpaired) electrons. The van der Waals surface area contributed by atoms with Crippen molar-refractivity contribution in [2.45, 2.75) is 25.7 Å². The van der Waals surface area contributed by atoms with Crippen LogP contribution in [0.1, 0.15) is 30.1 Å². The summed E-state index contributed by atoms with van der Waals surface area (Å²) < 4.78 is 6.26. The smallest absolute Gasteiger partial charge is 0.226 e. The van der Waals surface area contributed by atoms with Gasteiger partial charge in [-0.1, -0.05) is 33.2 Å². The van der Waals surface area contributed by atoms with E-state index in [2.05, 4.69) is 38.2 Å². The molecule has 5 heteroatoms. The molecule has 0 spiro atoms. The Hall–Kier alpha value is -1.20. The molecule has 0 bridgehead atoms. The highest BCUT2D eigenvalue weighted by Crippen LogP contribution is 2.14. The van der Waals surface area contributed by atoms with E-state index in [-0.39, 0.29) is 0 Å². The molecule has 0 amide bonds. The zero-order valence-corrected chi connectivity index (χ0v) is 11.7. The summed E-state index contributed by atoms with van der Waals surface area (Å²) >= 11 is 3.45. The van der Waals surface area contributed by atoms with Crippen molar-refractivity contribution in [1.82, 2.24) is 10.1 Å². The third-order valence-corrected chi connectivity index (χ3v) is 3.10. The standard InChI is InChI=1S/C13H16BrN3O/c14-11-5-3-4-10(8-11)9-12-16-13(18-17-12)6-1-2-7-15/h3-5,8H,1-2,6-7,9,15H2. The monoisotopic (exact) mass is 309 g/mol. The molecule has 0 atom stereocenters. The Bertz CT molecular complexity index is 498.